The van der Waals surface area contributed by atoms with Gasteiger partial charge >= 0.3 is 0 Å². The van der Waals surface area contributed by atoms with Gasteiger partial charge in [0.1, 0.15) is 5.75 Å². The van der Waals surface area contributed by atoms with E-state index in [2.05, 4.69) is 50.3 Å². The van der Waals surface area contributed by atoms with Gasteiger partial charge in [-0.2, -0.15) is 0 Å². The van der Waals surface area contributed by atoms with Gasteiger partial charge < -0.3 is 15.0 Å². The van der Waals surface area contributed by atoms with E-state index < -0.39 is 0 Å². The number of nitrogens with one attached hydrogen (secondary N) is 1. The van der Waals surface area contributed by atoms with E-state index in [0.29, 0.717) is 6.61 Å². The van der Waals surface area contributed by atoms with Gasteiger partial charge in [0.2, 0.25) is 0 Å². The van der Waals surface area contributed by atoms with Crippen LogP contribution in [0.4, 0.5) is 0 Å². The molecule has 1 aromatic carbocycles. The SMILES string of the molecule is CCOc1ccc(CNCC(C)(C)N(C)C)cc1. The first kappa shape index (κ1) is 15.0. The monoisotopic (exact) mass is 250 g/mol. The van der Waals surface area contributed by atoms with E-state index in [-0.39, 0.29) is 5.54 Å². The Balaban J connectivity index is 2.40. The van der Waals surface area contributed by atoms with Gasteiger partial charge in [-0.05, 0) is 52.6 Å². The Morgan fingerprint density at radius 2 is 1.78 bits per heavy atom. The summed E-state index contributed by atoms with van der Waals surface area (Å²) in [7, 11) is 4.22. The summed E-state index contributed by atoms with van der Waals surface area (Å²) in [5.41, 5.74) is 1.46. The third kappa shape index (κ3) is 4.67. The Bertz CT molecular complexity index is 344. The van der Waals surface area contributed by atoms with Gasteiger partial charge in [0, 0.05) is 18.6 Å². The number of rotatable bonds is 7. The maximum atomic E-state index is 5.42. The highest BCUT2D eigenvalue weighted by atomic mass is 16.5. The van der Waals surface area contributed by atoms with Crippen molar-refractivity contribution < 1.29 is 4.74 Å². The van der Waals surface area contributed by atoms with Crippen molar-refractivity contribution in [1.82, 2.24) is 10.2 Å². The van der Waals surface area contributed by atoms with Crippen molar-refractivity contribution in [2.24, 2.45) is 0 Å². The Morgan fingerprint density at radius 3 is 2.28 bits per heavy atom. The van der Waals surface area contributed by atoms with Gasteiger partial charge in [-0.25, -0.2) is 0 Å². The van der Waals surface area contributed by atoms with Crippen LogP contribution >= 0.6 is 0 Å². The quantitative estimate of drug-likeness (QED) is 0.805. The summed E-state index contributed by atoms with van der Waals surface area (Å²) in [6, 6.07) is 8.27. The molecule has 0 radical (unpaired) electrons. The highest BCUT2D eigenvalue weighted by Crippen LogP contribution is 2.12. The van der Waals surface area contributed by atoms with Crippen LogP contribution in [0, 0.1) is 0 Å². The highest BCUT2D eigenvalue weighted by Gasteiger charge is 2.19. The molecule has 0 aliphatic rings. The molecule has 0 spiro atoms. The Hall–Kier alpha value is -1.06. The molecule has 0 bridgehead atoms. The van der Waals surface area contributed by atoms with E-state index >= 15 is 0 Å². The lowest BCUT2D eigenvalue weighted by Crippen LogP contribution is -2.46. The molecule has 0 aromatic heterocycles. The van der Waals surface area contributed by atoms with Crippen LogP contribution in [-0.4, -0.2) is 37.7 Å². The zero-order valence-corrected chi connectivity index (χ0v) is 12.3. The first-order chi connectivity index (χ1) is 8.45. The normalized spacial score (nSPS) is 11.9. The molecule has 0 saturated carbocycles. The first-order valence-electron chi connectivity index (χ1n) is 6.55. The summed E-state index contributed by atoms with van der Waals surface area (Å²) in [6.45, 7) is 9.04. The molecule has 18 heavy (non-hydrogen) atoms. The molecule has 3 heteroatoms. The molecule has 1 rings (SSSR count). The third-order valence-corrected chi connectivity index (χ3v) is 3.33. The van der Waals surface area contributed by atoms with Crippen molar-refractivity contribution in [3.8, 4) is 5.75 Å². The Morgan fingerprint density at radius 1 is 1.17 bits per heavy atom. The van der Waals surface area contributed by atoms with Crippen molar-refractivity contribution in [2.75, 3.05) is 27.2 Å². The molecule has 0 atom stereocenters. The minimum absolute atomic E-state index is 0.172. The fraction of sp³-hybridized carbons (Fsp3) is 0.600. The van der Waals surface area contributed by atoms with Gasteiger partial charge in [-0.1, -0.05) is 12.1 Å². The second-order valence-electron chi connectivity index (χ2n) is 5.39. The number of nitrogens with zero attached hydrogens (tertiary/aromatic N) is 1. The predicted molar refractivity (Wildman–Crippen MR) is 77.1 cm³/mol. The van der Waals surface area contributed by atoms with Crippen molar-refractivity contribution >= 4 is 0 Å². The lowest BCUT2D eigenvalue weighted by molar-refractivity contribution is 0.190. The molecule has 1 N–H and O–H groups in total. The van der Waals surface area contributed by atoms with Crippen molar-refractivity contribution in [2.45, 2.75) is 32.9 Å². The summed E-state index contributed by atoms with van der Waals surface area (Å²) in [4.78, 5) is 2.23. The second-order valence-corrected chi connectivity index (χ2v) is 5.39. The number of benzene rings is 1. The maximum absolute atomic E-state index is 5.42. The summed E-state index contributed by atoms with van der Waals surface area (Å²) in [6.07, 6.45) is 0. The van der Waals surface area contributed by atoms with E-state index in [1.807, 2.05) is 19.1 Å². The van der Waals surface area contributed by atoms with Crippen LogP contribution in [-0.2, 0) is 6.54 Å². The minimum atomic E-state index is 0.172. The summed E-state index contributed by atoms with van der Waals surface area (Å²) >= 11 is 0. The van der Waals surface area contributed by atoms with Crippen molar-refractivity contribution in [3.05, 3.63) is 29.8 Å². The average molecular weight is 250 g/mol. The molecule has 0 unspecified atom stereocenters. The molecule has 1 aromatic rings. The Labute approximate surface area is 111 Å². The summed E-state index contributed by atoms with van der Waals surface area (Å²) in [5.74, 6) is 0.940. The minimum Gasteiger partial charge on any atom is -0.494 e. The average Bonchev–Trinajstić information content (AvgIpc) is 2.31. The van der Waals surface area contributed by atoms with E-state index in [0.717, 1.165) is 18.8 Å². The van der Waals surface area contributed by atoms with E-state index in [1.165, 1.54) is 5.56 Å². The fourth-order valence-corrected chi connectivity index (χ4v) is 1.54. The van der Waals surface area contributed by atoms with Crippen LogP contribution in [0.5, 0.6) is 5.75 Å². The van der Waals surface area contributed by atoms with Crippen LogP contribution in [0.2, 0.25) is 0 Å². The van der Waals surface area contributed by atoms with Gasteiger partial charge in [-0.15, -0.1) is 0 Å². The van der Waals surface area contributed by atoms with Gasteiger partial charge in [0.25, 0.3) is 0 Å². The molecular formula is C15H26N2O. The van der Waals surface area contributed by atoms with Gasteiger partial charge in [0.05, 0.1) is 6.61 Å². The molecule has 0 aliphatic heterocycles. The van der Waals surface area contributed by atoms with Crippen molar-refractivity contribution in [3.63, 3.8) is 0 Å². The summed E-state index contributed by atoms with van der Waals surface area (Å²) < 4.78 is 5.42. The molecular weight excluding hydrogens is 224 g/mol. The molecule has 0 heterocycles. The van der Waals surface area contributed by atoms with Crippen LogP contribution in [0.15, 0.2) is 24.3 Å². The number of likely N-dealkylation sites (N-methyl/N-ethyl adjacent to an activating group) is 1. The van der Waals surface area contributed by atoms with E-state index in [1.54, 1.807) is 0 Å². The summed E-state index contributed by atoms with van der Waals surface area (Å²) in [5, 5.41) is 3.49. The van der Waals surface area contributed by atoms with Crippen LogP contribution < -0.4 is 10.1 Å². The fourth-order valence-electron chi connectivity index (χ4n) is 1.54. The lowest BCUT2D eigenvalue weighted by atomic mass is 10.0. The standard InChI is InChI=1S/C15H26N2O/c1-6-18-14-9-7-13(8-10-14)11-16-12-15(2,3)17(4)5/h7-10,16H,6,11-12H2,1-5H3. The van der Waals surface area contributed by atoms with Gasteiger partial charge in [0.15, 0.2) is 0 Å². The van der Waals surface area contributed by atoms with Crippen LogP contribution in [0.25, 0.3) is 0 Å². The number of hydrogen-bond acceptors (Lipinski definition) is 3. The number of hydrogen-bond donors (Lipinski definition) is 1. The van der Waals surface area contributed by atoms with Gasteiger partial charge in [-0.3, -0.25) is 0 Å². The smallest absolute Gasteiger partial charge is 0.119 e. The molecule has 0 amide bonds. The first-order valence-corrected chi connectivity index (χ1v) is 6.55. The molecule has 102 valence electrons. The maximum Gasteiger partial charge on any atom is 0.119 e. The number of ether oxygens (including phenoxy) is 1. The molecule has 3 nitrogen and oxygen atoms in total. The molecule has 0 fully saturated rings. The largest absolute Gasteiger partial charge is 0.494 e. The predicted octanol–water partition coefficient (Wildman–Crippen LogP) is 2.52. The zero-order valence-electron chi connectivity index (χ0n) is 12.3. The highest BCUT2D eigenvalue weighted by molar-refractivity contribution is 5.27. The zero-order chi connectivity index (χ0) is 13.6. The lowest BCUT2D eigenvalue weighted by Gasteiger charge is -2.32. The van der Waals surface area contributed by atoms with E-state index in [9.17, 15) is 0 Å². The topological polar surface area (TPSA) is 24.5 Å². The van der Waals surface area contributed by atoms with Crippen molar-refractivity contribution in [1.29, 1.82) is 0 Å². The van der Waals surface area contributed by atoms with E-state index in [4.69, 9.17) is 4.74 Å². The molecule has 0 aliphatic carbocycles. The van der Waals surface area contributed by atoms with Crippen LogP contribution in [0.1, 0.15) is 26.3 Å². The Kier molecular flexibility index (Phi) is 5.63. The second kappa shape index (κ2) is 6.76. The third-order valence-electron chi connectivity index (χ3n) is 3.33. The van der Waals surface area contributed by atoms with Crippen LogP contribution in [0.3, 0.4) is 0 Å². The molecule has 0 saturated heterocycles.